The molecule has 13 heteroatoms. The molecule has 0 radical (unpaired) electrons. The van der Waals surface area contributed by atoms with Crippen LogP contribution < -0.4 is 22.1 Å². The first-order chi connectivity index (χ1) is 12.0. The van der Waals surface area contributed by atoms with Gasteiger partial charge in [-0.3, -0.25) is 4.79 Å². The largest absolute Gasteiger partial charge is 0.480 e. The normalized spacial score (nSPS) is 16.8. The summed E-state index contributed by atoms with van der Waals surface area (Å²) in [5.74, 6) is -2.53. The van der Waals surface area contributed by atoms with Crippen molar-refractivity contribution in [3.8, 4) is 0 Å². The smallest absolute Gasteiger partial charge is 0.328 e. The summed E-state index contributed by atoms with van der Waals surface area (Å²) in [5.41, 5.74) is 10.8. The molecule has 1 rings (SSSR count). The number of aromatic nitrogens is 2. The molecule has 0 saturated heterocycles. The number of aliphatic carboxylic acids is 1. The fourth-order valence-corrected chi connectivity index (χ4v) is 1.87. The third kappa shape index (κ3) is 5.94. The molecule has 1 aromatic rings. The number of aliphatic hydroxyl groups is 2. The molecule has 0 aliphatic rings. The Morgan fingerprint density at radius 3 is 2.27 bits per heavy atom. The number of aliphatic hydroxyl groups excluding tert-OH is 2. The molecular formula is C13H22N6O7. The van der Waals surface area contributed by atoms with Crippen LogP contribution in [0.1, 0.15) is 44.1 Å². The van der Waals surface area contributed by atoms with Gasteiger partial charge in [0.15, 0.2) is 11.9 Å². The lowest BCUT2D eigenvalue weighted by Gasteiger charge is -2.19. The number of primary amides is 1. The average Bonchev–Trinajstić information content (AvgIpc) is 2.99. The van der Waals surface area contributed by atoms with Crippen molar-refractivity contribution in [3.05, 3.63) is 11.7 Å². The first-order valence-corrected chi connectivity index (χ1v) is 7.56. The number of carboxylic acids is 1. The maximum Gasteiger partial charge on any atom is 0.328 e. The Kier molecular flexibility index (Phi) is 7.42. The van der Waals surface area contributed by atoms with Gasteiger partial charge in [-0.25, -0.2) is 9.59 Å². The van der Waals surface area contributed by atoms with Crippen molar-refractivity contribution in [2.45, 2.75) is 50.6 Å². The monoisotopic (exact) mass is 374 g/mol. The number of nitrogens with one attached hydrogen (secondary N) is 2. The zero-order chi connectivity index (χ0) is 20.0. The van der Waals surface area contributed by atoms with Gasteiger partial charge in [0.25, 0.3) is 0 Å². The highest BCUT2D eigenvalue weighted by Gasteiger charge is 2.29. The zero-order valence-corrected chi connectivity index (χ0v) is 14.1. The lowest BCUT2D eigenvalue weighted by atomic mass is 10.1. The zero-order valence-electron chi connectivity index (χ0n) is 14.1. The number of carbonyl (C=O) groups excluding carboxylic acids is 2. The Labute approximate surface area is 147 Å². The fraction of sp³-hybridized carbons (Fsp3) is 0.615. The van der Waals surface area contributed by atoms with Gasteiger partial charge in [0, 0.05) is 0 Å². The van der Waals surface area contributed by atoms with Crippen LogP contribution in [0.15, 0.2) is 4.52 Å². The van der Waals surface area contributed by atoms with Crippen LogP contribution in [-0.2, 0) is 9.59 Å². The maximum absolute atomic E-state index is 12.0. The van der Waals surface area contributed by atoms with E-state index in [-0.39, 0.29) is 11.7 Å². The minimum absolute atomic E-state index is 0.0564. The standard InChI is InChI=1S/C13H22N6O7/c1-4(20)8(15)10-18-11(26-19-10)6(3-7(14)22)16-13(25)17-9(5(2)21)12(23)24/h4-6,8-9,20-21H,3,15H2,1-2H3,(H2,14,22)(H,23,24)(H2,16,17,25)/t4?,5?,6-,8?,9?/m0/s1. The van der Waals surface area contributed by atoms with E-state index in [2.05, 4.69) is 15.5 Å². The summed E-state index contributed by atoms with van der Waals surface area (Å²) in [6.45, 7) is 2.59. The lowest BCUT2D eigenvalue weighted by Crippen LogP contribution is -2.52. The van der Waals surface area contributed by atoms with E-state index in [0.717, 1.165) is 0 Å². The molecule has 0 aliphatic carbocycles. The molecule has 4 unspecified atom stereocenters. The van der Waals surface area contributed by atoms with Crippen LogP contribution in [0.4, 0.5) is 4.79 Å². The van der Waals surface area contributed by atoms with E-state index in [1.165, 1.54) is 13.8 Å². The van der Waals surface area contributed by atoms with Gasteiger partial charge in [0.1, 0.15) is 6.04 Å². The van der Waals surface area contributed by atoms with Crippen molar-refractivity contribution >= 4 is 17.9 Å². The van der Waals surface area contributed by atoms with Gasteiger partial charge in [0.2, 0.25) is 11.8 Å². The highest BCUT2D eigenvalue weighted by Crippen LogP contribution is 2.18. The maximum atomic E-state index is 12.0. The van der Waals surface area contributed by atoms with E-state index in [1.54, 1.807) is 0 Å². The lowest BCUT2D eigenvalue weighted by molar-refractivity contribution is -0.141. The number of nitrogens with zero attached hydrogens (tertiary/aromatic N) is 2. The fourth-order valence-electron chi connectivity index (χ4n) is 1.87. The van der Waals surface area contributed by atoms with E-state index in [4.69, 9.17) is 21.1 Å². The number of carboxylic acid groups (broad SMARTS) is 1. The van der Waals surface area contributed by atoms with E-state index < -0.39 is 54.7 Å². The summed E-state index contributed by atoms with van der Waals surface area (Å²) in [6, 6.07) is -4.71. The van der Waals surface area contributed by atoms with E-state index in [1.807, 2.05) is 5.32 Å². The highest BCUT2D eigenvalue weighted by molar-refractivity contribution is 5.83. The van der Waals surface area contributed by atoms with Crippen LogP contribution >= 0.6 is 0 Å². The van der Waals surface area contributed by atoms with Gasteiger partial charge in [-0.05, 0) is 13.8 Å². The molecule has 1 aromatic heterocycles. The molecule has 0 aliphatic heterocycles. The molecule has 3 amide bonds. The summed E-state index contributed by atoms with van der Waals surface area (Å²) < 4.78 is 4.93. The third-order valence-electron chi connectivity index (χ3n) is 3.32. The SMILES string of the molecule is CC(O)C(NC(=O)N[C@@H](CC(N)=O)c1nc(C(N)C(C)O)no1)C(=O)O. The molecule has 0 fully saturated rings. The molecule has 9 N–H and O–H groups in total. The summed E-state index contributed by atoms with van der Waals surface area (Å²) >= 11 is 0. The van der Waals surface area contributed by atoms with Crippen molar-refractivity contribution in [1.29, 1.82) is 0 Å². The second kappa shape index (κ2) is 9.07. The van der Waals surface area contributed by atoms with Crippen LogP contribution in [0.3, 0.4) is 0 Å². The number of amides is 3. The van der Waals surface area contributed by atoms with E-state index >= 15 is 0 Å². The van der Waals surface area contributed by atoms with Gasteiger partial charge in [-0.2, -0.15) is 4.98 Å². The second-order valence-corrected chi connectivity index (χ2v) is 5.65. The first kappa shape index (κ1) is 21.3. The predicted octanol–water partition coefficient (Wildman–Crippen LogP) is -2.50. The molecular weight excluding hydrogens is 352 g/mol. The van der Waals surface area contributed by atoms with Crippen LogP contribution in [0, 0.1) is 0 Å². The van der Waals surface area contributed by atoms with Gasteiger partial charge in [-0.15, -0.1) is 0 Å². The molecule has 5 atom stereocenters. The van der Waals surface area contributed by atoms with Crippen LogP contribution in [0.25, 0.3) is 0 Å². The average molecular weight is 374 g/mol. The Bertz CT molecular complexity index is 647. The molecule has 13 nitrogen and oxygen atoms in total. The van der Waals surface area contributed by atoms with Gasteiger partial charge >= 0.3 is 12.0 Å². The minimum Gasteiger partial charge on any atom is -0.480 e. The van der Waals surface area contributed by atoms with Crippen molar-refractivity contribution in [2.24, 2.45) is 11.5 Å². The molecule has 1 heterocycles. The van der Waals surface area contributed by atoms with Gasteiger partial charge < -0.3 is 41.9 Å². The van der Waals surface area contributed by atoms with Crippen LogP contribution in [0.5, 0.6) is 0 Å². The molecule has 0 saturated carbocycles. The summed E-state index contributed by atoms with van der Waals surface area (Å²) in [7, 11) is 0. The summed E-state index contributed by atoms with van der Waals surface area (Å²) in [6.07, 6.45) is -2.77. The second-order valence-electron chi connectivity index (χ2n) is 5.65. The topological polar surface area (TPSA) is 227 Å². The Hall–Kier alpha value is -2.77. The number of urea groups is 1. The van der Waals surface area contributed by atoms with Crippen molar-refractivity contribution in [1.82, 2.24) is 20.8 Å². The van der Waals surface area contributed by atoms with Crippen molar-refractivity contribution < 1.29 is 34.2 Å². The molecule has 0 aromatic carbocycles. The van der Waals surface area contributed by atoms with Crippen LogP contribution in [0.2, 0.25) is 0 Å². The van der Waals surface area contributed by atoms with Crippen LogP contribution in [-0.4, -0.2) is 61.6 Å². The van der Waals surface area contributed by atoms with Crippen molar-refractivity contribution in [2.75, 3.05) is 0 Å². The number of hydrogen-bond acceptors (Lipinski definition) is 9. The number of carbonyl (C=O) groups is 3. The number of hydrogen-bond donors (Lipinski definition) is 7. The molecule has 0 bridgehead atoms. The Morgan fingerprint density at radius 2 is 1.81 bits per heavy atom. The number of rotatable bonds is 9. The molecule has 146 valence electrons. The van der Waals surface area contributed by atoms with Gasteiger partial charge in [-0.1, -0.05) is 5.16 Å². The predicted molar refractivity (Wildman–Crippen MR) is 84.2 cm³/mol. The summed E-state index contributed by atoms with van der Waals surface area (Å²) in [5, 5.41) is 35.6. The Balaban J connectivity index is 2.92. The quantitative estimate of drug-likeness (QED) is 0.240. The highest BCUT2D eigenvalue weighted by atomic mass is 16.5. The molecule has 0 spiro atoms. The third-order valence-corrected chi connectivity index (χ3v) is 3.32. The van der Waals surface area contributed by atoms with E-state index in [0.29, 0.717) is 0 Å². The molecule has 26 heavy (non-hydrogen) atoms. The Morgan fingerprint density at radius 1 is 1.19 bits per heavy atom. The first-order valence-electron chi connectivity index (χ1n) is 7.56. The van der Waals surface area contributed by atoms with Crippen molar-refractivity contribution in [3.63, 3.8) is 0 Å². The minimum atomic E-state index is -1.58. The number of nitrogens with two attached hydrogens (primary N) is 2. The van der Waals surface area contributed by atoms with E-state index in [9.17, 15) is 24.6 Å². The summed E-state index contributed by atoms with van der Waals surface area (Å²) in [4.78, 5) is 38.1. The van der Waals surface area contributed by atoms with Gasteiger partial charge in [0.05, 0.1) is 24.7 Å².